The minimum absolute atomic E-state index is 0.0837. The van der Waals surface area contributed by atoms with Crippen LogP contribution in [0.15, 0.2) is 52.1 Å². The van der Waals surface area contributed by atoms with Crippen LogP contribution < -0.4 is 11.4 Å². The molecule has 8 heteroatoms. The SMILES string of the molecule is Cn1c(=O)n2n(c1=O)[C@H]([C@@H]1O[C@H](c3ccccc3)OC[C@H]1O)C=CC2. The van der Waals surface area contributed by atoms with Crippen LogP contribution in [-0.2, 0) is 23.1 Å². The smallest absolute Gasteiger partial charge is 0.347 e. The lowest BCUT2D eigenvalue weighted by atomic mass is 10.0. The van der Waals surface area contributed by atoms with Gasteiger partial charge in [-0.3, -0.25) is 0 Å². The summed E-state index contributed by atoms with van der Waals surface area (Å²) < 4.78 is 15.3. The van der Waals surface area contributed by atoms with Gasteiger partial charge in [0.15, 0.2) is 6.29 Å². The van der Waals surface area contributed by atoms with Crippen molar-refractivity contribution in [3.05, 3.63) is 69.0 Å². The number of hydrogen-bond acceptors (Lipinski definition) is 5. The number of aliphatic hydroxyl groups is 1. The number of benzene rings is 1. The van der Waals surface area contributed by atoms with Gasteiger partial charge in [0.05, 0.1) is 13.2 Å². The summed E-state index contributed by atoms with van der Waals surface area (Å²) in [5.74, 6) is 0. The van der Waals surface area contributed by atoms with Gasteiger partial charge < -0.3 is 14.6 Å². The monoisotopic (exact) mass is 345 g/mol. The van der Waals surface area contributed by atoms with Gasteiger partial charge in [0.2, 0.25) is 0 Å². The van der Waals surface area contributed by atoms with Gasteiger partial charge in [0.1, 0.15) is 18.2 Å². The van der Waals surface area contributed by atoms with Crippen molar-refractivity contribution in [2.75, 3.05) is 6.61 Å². The lowest BCUT2D eigenvalue weighted by Crippen LogP contribution is -2.49. The molecule has 2 aliphatic rings. The van der Waals surface area contributed by atoms with E-state index in [0.717, 1.165) is 10.1 Å². The number of hydrogen-bond donors (Lipinski definition) is 1. The first-order valence-electron chi connectivity index (χ1n) is 8.13. The second-order valence-electron chi connectivity index (χ2n) is 6.21. The first-order chi connectivity index (χ1) is 12.1. The summed E-state index contributed by atoms with van der Waals surface area (Å²) in [4.78, 5) is 24.6. The van der Waals surface area contributed by atoms with Gasteiger partial charge in [-0.05, 0) is 0 Å². The predicted octanol–water partition coefficient (Wildman–Crippen LogP) is -0.0655. The zero-order valence-corrected chi connectivity index (χ0v) is 13.7. The molecule has 0 unspecified atom stereocenters. The largest absolute Gasteiger partial charge is 0.388 e. The van der Waals surface area contributed by atoms with E-state index < -0.39 is 30.2 Å². The lowest BCUT2D eigenvalue weighted by Gasteiger charge is -2.38. The van der Waals surface area contributed by atoms with Crippen LogP contribution in [0.5, 0.6) is 0 Å². The van der Waals surface area contributed by atoms with Gasteiger partial charge >= 0.3 is 11.4 Å². The van der Waals surface area contributed by atoms with Crippen molar-refractivity contribution in [1.29, 1.82) is 0 Å². The highest BCUT2D eigenvalue weighted by molar-refractivity contribution is 5.17. The fraction of sp³-hybridized carbons (Fsp3) is 0.412. The summed E-state index contributed by atoms with van der Waals surface area (Å²) in [6, 6.07) is 8.82. The average molecular weight is 345 g/mol. The molecule has 25 heavy (non-hydrogen) atoms. The van der Waals surface area contributed by atoms with Crippen molar-refractivity contribution < 1.29 is 14.6 Å². The zero-order chi connectivity index (χ0) is 17.6. The number of ether oxygens (including phenoxy) is 2. The van der Waals surface area contributed by atoms with E-state index in [-0.39, 0.29) is 12.3 Å². The summed E-state index contributed by atoms with van der Waals surface area (Å²) >= 11 is 0. The molecule has 0 bridgehead atoms. The maximum Gasteiger partial charge on any atom is 0.347 e. The molecule has 0 aliphatic carbocycles. The number of aliphatic hydroxyl groups excluding tert-OH is 1. The Morgan fingerprint density at radius 1 is 1.16 bits per heavy atom. The molecule has 2 aromatic rings. The Labute approximate surface area is 143 Å². The molecule has 1 saturated heterocycles. The molecule has 1 aromatic heterocycles. The summed E-state index contributed by atoms with van der Waals surface area (Å²) in [6.45, 7) is 0.396. The van der Waals surface area contributed by atoms with Crippen LogP contribution in [0, 0.1) is 0 Å². The minimum atomic E-state index is -0.914. The third kappa shape index (κ3) is 2.58. The lowest BCUT2D eigenvalue weighted by molar-refractivity contribution is -0.264. The Balaban J connectivity index is 1.70. The predicted molar refractivity (Wildman–Crippen MR) is 88.1 cm³/mol. The molecule has 1 fully saturated rings. The van der Waals surface area contributed by atoms with Crippen molar-refractivity contribution in [2.24, 2.45) is 7.05 Å². The van der Waals surface area contributed by atoms with Crippen molar-refractivity contribution in [2.45, 2.75) is 31.1 Å². The van der Waals surface area contributed by atoms with E-state index in [4.69, 9.17) is 9.47 Å². The van der Waals surface area contributed by atoms with E-state index in [1.807, 2.05) is 30.3 Å². The van der Waals surface area contributed by atoms with Gasteiger partial charge in [-0.25, -0.2) is 23.5 Å². The summed E-state index contributed by atoms with van der Waals surface area (Å²) in [7, 11) is 1.44. The van der Waals surface area contributed by atoms with Crippen LogP contribution >= 0.6 is 0 Å². The number of nitrogens with zero attached hydrogens (tertiary/aromatic N) is 3. The summed E-state index contributed by atoms with van der Waals surface area (Å²) in [6.07, 6.45) is 1.34. The van der Waals surface area contributed by atoms with E-state index in [2.05, 4.69) is 0 Å². The molecule has 8 nitrogen and oxygen atoms in total. The molecule has 0 amide bonds. The molecule has 2 aliphatic heterocycles. The van der Waals surface area contributed by atoms with Gasteiger partial charge in [-0.15, -0.1) is 0 Å². The number of allylic oxidation sites excluding steroid dienone is 1. The molecule has 1 N–H and O–H groups in total. The molecule has 0 radical (unpaired) electrons. The topological polar surface area (TPSA) is 87.6 Å². The molecule has 0 saturated carbocycles. The van der Waals surface area contributed by atoms with E-state index in [9.17, 15) is 14.7 Å². The molecule has 4 atom stereocenters. The normalized spacial score (nSPS) is 28.7. The molecule has 132 valence electrons. The van der Waals surface area contributed by atoms with E-state index >= 15 is 0 Å². The first kappa shape index (κ1) is 16.1. The van der Waals surface area contributed by atoms with Crippen LogP contribution in [0.25, 0.3) is 0 Å². The van der Waals surface area contributed by atoms with Crippen molar-refractivity contribution in [1.82, 2.24) is 13.9 Å². The summed E-state index contributed by atoms with van der Waals surface area (Å²) in [5.41, 5.74) is 0.00963. The fourth-order valence-electron chi connectivity index (χ4n) is 3.34. The number of aromatic nitrogens is 3. The van der Waals surface area contributed by atoms with Crippen molar-refractivity contribution in [3.8, 4) is 0 Å². The maximum absolute atomic E-state index is 12.4. The van der Waals surface area contributed by atoms with Crippen molar-refractivity contribution >= 4 is 0 Å². The third-order valence-corrected chi connectivity index (χ3v) is 4.63. The Morgan fingerprint density at radius 2 is 1.92 bits per heavy atom. The van der Waals surface area contributed by atoms with E-state index in [0.29, 0.717) is 6.54 Å². The molecule has 0 spiro atoms. The number of rotatable bonds is 2. The first-order valence-corrected chi connectivity index (χ1v) is 8.13. The van der Waals surface area contributed by atoms with Crippen LogP contribution in [0.4, 0.5) is 0 Å². The molecular weight excluding hydrogens is 326 g/mol. The molecule has 1 aromatic carbocycles. The standard InChI is InChI=1S/C17H19N3O5/c1-18-16(22)19-9-5-8-12(20(19)17(18)23)14-13(21)10-24-15(25-14)11-6-3-2-4-7-11/h2-8,12-15,21H,9-10H2,1H3/t12-,13+,14-,15+/m0/s1. The second kappa shape index (κ2) is 6.14. The quantitative estimate of drug-likeness (QED) is 0.770. The van der Waals surface area contributed by atoms with Crippen LogP contribution in [-0.4, -0.2) is 37.9 Å². The average Bonchev–Trinajstić information content (AvgIpc) is 2.87. The van der Waals surface area contributed by atoms with E-state index in [1.165, 1.54) is 16.4 Å². The third-order valence-electron chi connectivity index (χ3n) is 4.63. The van der Waals surface area contributed by atoms with Gasteiger partial charge in [-0.1, -0.05) is 42.5 Å². The highest BCUT2D eigenvalue weighted by Gasteiger charge is 2.39. The van der Waals surface area contributed by atoms with Gasteiger partial charge in [-0.2, -0.15) is 0 Å². The fourth-order valence-corrected chi connectivity index (χ4v) is 3.34. The highest BCUT2D eigenvalue weighted by Crippen LogP contribution is 2.32. The van der Waals surface area contributed by atoms with Gasteiger partial charge in [0, 0.05) is 12.6 Å². The Hall–Kier alpha value is -2.42. The Kier molecular flexibility index (Phi) is 3.95. The molecule has 4 rings (SSSR count). The Bertz CT molecular complexity index is 911. The number of fused-ring (bicyclic) bond motifs is 1. The molecule has 3 heterocycles. The van der Waals surface area contributed by atoms with Crippen LogP contribution in [0.2, 0.25) is 0 Å². The van der Waals surface area contributed by atoms with Gasteiger partial charge in [0.25, 0.3) is 0 Å². The van der Waals surface area contributed by atoms with Crippen molar-refractivity contribution in [3.63, 3.8) is 0 Å². The maximum atomic E-state index is 12.4. The zero-order valence-electron chi connectivity index (χ0n) is 13.7. The molecular formula is C17H19N3O5. The minimum Gasteiger partial charge on any atom is -0.388 e. The second-order valence-corrected chi connectivity index (χ2v) is 6.21. The van der Waals surface area contributed by atoms with Crippen LogP contribution in [0.1, 0.15) is 17.9 Å². The Morgan fingerprint density at radius 3 is 2.68 bits per heavy atom. The summed E-state index contributed by atoms with van der Waals surface area (Å²) in [5, 5.41) is 10.4. The highest BCUT2D eigenvalue weighted by atomic mass is 16.7. The van der Waals surface area contributed by atoms with Crippen LogP contribution in [0.3, 0.4) is 0 Å². The van der Waals surface area contributed by atoms with E-state index in [1.54, 1.807) is 12.2 Å².